The number of carbonyl (C=O) groups excluding carboxylic acids is 1. The van der Waals surface area contributed by atoms with E-state index >= 15 is 0 Å². The van der Waals surface area contributed by atoms with Crippen molar-refractivity contribution in [3.8, 4) is 0 Å². The highest BCUT2D eigenvalue weighted by Gasteiger charge is 2.08. The minimum atomic E-state index is -0.197. The second-order valence-electron chi connectivity index (χ2n) is 3.47. The molecule has 1 aliphatic carbocycles. The van der Waals surface area contributed by atoms with Gasteiger partial charge in [-0.05, 0) is 32.6 Å². The Balaban J connectivity index is 2.10. The predicted octanol–water partition coefficient (Wildman–Crippen LogP) is 1.92. The molecule has 2 nitrogen and oxygen atoms in total. The lowest BCUT2D eigenvalue weighted by molar-refractivity contribution is -0.120. The van der Waals surface area contributed by atoms with Gasteiger partial charge in [0, 0.05) is 6.54 Å². The van der Waals surface area contributed by atoms with Crippen LogP contribution < -0.4 is 5.32 Å². The molecule has 0 bridgehead atoms. The summed E-state index contributed by atoms with van der Waals surface area (Å²) in [6.07, 6.45) is 7.01. The van der Waals surface area contributed by atoms with Crippen LogP contribution in [0.25, 0.3) is 0 Å². The van der Waals surface area contributed by atoms with Gasteiger partial charge in [0.1, 0.15) is 0 Å². The molecule has 1 unspecified atom stereocenters. The average Bonchev–Trinajstić information content (AvgIpc) is 2.56. The molecule has 0 fully saturated rings. The van der Waals surface area contributed by atoms with Crippen LogP contribution in [0.1, 0.15) is 32.6 Å². The summed E-state index contributed by atoms with van der Waals surface area (Å²) in [7, 11) is 0. The van der Waals surface area contributed by atoms with E-state index in [1.165, 1.54) is 24.8 Å². The first-order valence-corrected chi connectivity index (χ1v) is 5.35. The first kappa shape index (κ1) is 10.6. The van der Waals surface area contributed by atoms with E-state index in [1.54, 1.807) is 6.92 Å². The maximum Gasteiger partial charge on any atom is 0.232 e. The van der Waals surface area contributed by atoms with Crippen molar-refractivity contribution in [1.82, 2.24) is 5.32 Å². The Labute approximate surface area is 85.2 Å². The topological polar surface area (TPSA) is 29.1 Å². The number of allylic oxidation sites excluding steroid dienone is 1. The molecule has 0 aromatic heterocycles. The Morgan fingerprint density at radius 3 is 3.08 bits per heavy atom. The Bertz CT molecular complexity index is 211. The molecule has 0 saturated heterocycles. The summed E-state index contributed by atoms with van der Waals surface area (Å²) in [5, 5.41) is 2.66. The minimum absolute atomic E-state index is 0.0296. The Morgan fingerprint density at radius 1 is 1.77 bits per heavy atom. The highest BCUT2D eigenvalue weighted by molar-refractivity contribution is 7.81. The SMILES string of the molecule is CC(S)C(=O)NCCC1=CCCC1. The van der Waals surface area contributed by atoms with Gasteiger partial charge in [-0.25, -0.2) is 0 Å². The molecule has 0 heterocycles. The molecule has 1 aliphatic rings. The van der Waals surface area contributed by atoms with Crippen molar-refractivity contribution in [3.63, 3.8) is 0 Å². The Morgan fingerprint density at radius 2 is 2.54 bits per heavy atom. The third kappa shape index (κ3) is 3.85. The molecule has 0 spiro atoms. The zero-order valence-corrected chi connectivity index (χ0v) is 8.94. The number of carbonyl (C=O) groups is 1. The molecule has 0 aromatic rings. The summed E-state index contributed by atoms with van der Waals surface area (Å²) in [6, 6.07) is 0. The van der Waals surface area contributed by atoms with E-state index < -0.39 is 0 Å². The van der Waals surface area contributed by atoms with E-state index in [1.807, 2.05) is 0 Å². The summed E-state index contributed by atoms with van der Waals surface area (Å²) in [5.74, 6) is 0.0296. The molecule has 0 saturated carbocycles. The normalized spacial score (nSPS) is 18.2. The maximum absolute atomic E-state index is 11.1. The van der Waals surface area contributed by atoms with Gasteiger partial charge in [-0.1, -0.05) is 11.6 Å². The van der Waals surface area contributed by atoms with Gasteiger partial charge in [0.05, 0.1) is 5.25 Å². The quantitative estimate of drug-likeness (QED) is 0.525. The summed E-state index contributed by atoms with van der Waals surface area (Å²) in [5.41, 5.74) is 1.49. The van der Waals surface area contributed by atoms with Crippen LogP contribution in [0.15, 0.2) is 11.6 Å². The fourth-order valence-electron chi connectivity index (χ4n) is 1.46. The molecule has 0 radical (unpaired) electrons. The first-order valence-electron chi connectivity index (χ1n) is 4.84. The van der Waals surface area contributed by atoms with Crippen molar-refractivity contribution in [2.24, 2.45) is 0 Å². The first-order chi connectivity index (χ1) is 6.20. The molecule has 3 heteroatoms. The Kier molecular flexibility index (Phi) is 4.36. The fraction of sp³-hybridized carbons (Fsp3) is 0.700. The van der Waals surface area contributed by atoms with Crippen molar-refractivity contribution in [1.29, 1.82) is 0 Å². The Hall–Kier alpha value is -0.440. The highest BCUT2D eigenvalue weighted by Crippen LogP contribution is 2.19. The second-order valence-corrected chi connectivity index (χ2v) is 4.25. The van der Waals surface area contributed by atoms with Gasteiger partial charge in [-0.2, -0.15) is 12.6 Å². The number of thiol groups is 1. The molecule has 74 valence electrons. The molecule has 0 aliphatic heterocycles. The van der Waals surface area contributed by atoms with Gasteiger partial charge in [-0.15, -0.1) is 0 Å². The van der Waals surface area contributed by atoms with E-state index in [0.29, 0.717) is 0 Å². The smallest absolute Gasteiger partial charge is 0.232 e. The highest BCUT2D eigenvalue weighted by atomic mass is 32.1. The number of hydrogen-bond acceptors (Lipinski definition) is 2. The van der Waals surface area contributed by atoms with E-state index in [9.17, 15) is 4.79 Å². The van der Waals surface area contributed by atoms with Crippen molar-refractivity contribution >= 4 is 18.5 Å². The molecule has 0 aromatic carbocycles. The van der Waals surface area contributed by atoms with Gasteiger partial charge in [-0.3, -0.25) is 4.79 Å². The second kappa shape index (κ2) is 5.32. The molecule has 1 N–H and O–H groups in total. The van der Waals surface area contributed by atoms with E-state index in [0.717, 1.165) is 13.0 Å². The average molecular weight is 199 g/mol. The molecular weight excluding hydrogens is 182 g/mol. The number of amides is 1. The summed E-state index contributed by atoms with van der Waals surface area (Å²) in [6.45, 7) is 2.54. The third-order valence-corrected chi connectivity index (χ3v) is 2.49. The van der Waals surface area contributed by atoms with Gasteiger partial charge >= 0.3 is 0 Å². The van der Waals surface area contributed by atoms with Crippen LogP contribution in [-0.4, -0.2) is 17.7 Å². The van der Waals surface area contributed by atoms with Crippen LogP contribution in [0, 0.1) is 0 Å². The molecule has 1 atom stereocenters. The van der Waals surface area contributed by atoms with Crippen LogP contribution in [-0.2, 0) is 4.79 Å². The minimum Gasteiger partial charge on any atom is -0.355 e. The number of rotatable bonds is 4. The van der Waals surface area contributed by atoms with E-state index in [2.05, 4.69) is 24.0 Å². The standard InChI is InChI=1S/C10H17NOS/c1-8(13)10(12)11-7-6-9-4-2-3-5-9/h4,8,13H,2-3,5-7H2,1H3,(H,11,12). The summed E-state index contributed by atoms with van der Waals surface area (Å²) >= 11 is 4.05. The lowest BCUT2D eigenvalue weighted by Gasteiger charge is -2.07. The van der Waals surface area contributed by atoms with Gasteiger partial charge in [0.2, 0.25) is 5.91 Å². The zero-order chi connectivity index (χ0) is 9.68. The van der Waals surface area contributed by atoms with Crippen LogP contribution in [0.3, 0.4) is 0 Å². The largest absolute Gasteiger partial charge is 0.355 e. The van der Waals surface area contributed by atoms with E-state index in [-0.39, 0.29) is 11.2 Å². The number of nitrogens with one attached hydrogen (secondary N) is 1. The predicted molar refractivity (Wildman–Crippen MR) is 58.0 cm³/mol. The maximum atomic E-state index is 11.1. The van der Waals surface area contributed by atoms with Crippen LogP contribution in [0.5, 0.6) is 0 Å². The fourth-order valence-corrected chi connectivity index (χ4v) is 1.55. The lowest BCUT2D eigenvalue weighted by atomic mass is 10.2. The third-order valence-electron chi connectivity index (χ3n) is 2.26. The van der Waals surface area contributed by atoms with Crippen molar-refractivity contribution in [2.45, 2.75) is 37.9 Å². The number of hydrogen-bond donors (Lipinski definition) is 2. The van der Waals surface area contributed by atoms with Crippen molar-refractivity contribution < 1.29 is 4.79 Å². The molecule has 1 amide bonds. The van der Waals surface area contributed by atoms with Crippen molar-refractivity contribution in [3.05, 3.63) is 11.6 Å². The van der Waals surface area contributed by atoms with Crippen LogP contribution in [0.4, 0.5) is 0 Å². The summed E-state index contributed by atoms with van der Waals surface area (Å²) < 4.78 is 0. The van der Waals surface area contributed by atoms with Gasteiger partial charge in [0.25, 0.3) is 0 Å². The van der Waals surface area contributed by atoms with Crippen molar-refractivity contribution in [2.75, 3.05) is 6.54 Å². The van der Waals surface area contributed by atoms with Gasteiger partial charge in [0.15, 0.2) is 0 Å². The van der Waals surface area contributed by atoms with Gasteiger partial charge < -0.3 is 5.32 Å². The monoisotopic (exact) mass is 199 g/mol. The van der Waals surface area contributed by atoms with E-state index in [4.69, 9.17) is 0 Å². The van der Waals surface area contributed by atoms with Crippen LogP contribution in [0.2, 0.25) is 0 Å². The molecular formula is C10H17NOS. The summed E-state index contributed by atoms with van der Waals surface area (Å²) in [4.78, 5) is 11.1. The lowest BCUT2D eigenvalue weighted by Crippen LogP contribution is -2.30. The van der Waals surface area contributed by atoms with Crippen LogP contribution >= 0.6 is 12.6 Å². The zero-order valence-electron chi connectivity index (χ0n) is 8.05. The molecule has 13 heavy (non-hydrogen) atoms. The molecule has 1 rings (SSSR count).